The topological polar surface area (TPSA) is 134 Å². The molecule has 0 bridgehead atoms. The van der Waals surface area contributed by atoms with E-state index in [1.165, 1.54) is 141 Å². The molecule has 0 aromatic carbocycles. The number of phosphoric acid groups is 1. The van der Waals surface area contributed by atoms with Gasteiger partial charge in [-0.25, -0.2) is 4.57 Å². The van der Waals surface area contributed by atoms with Crippen molar-refractivity contribution >= 4 is 19.8 Å². The Bertz CT molecular complexity index is 1140. The van der Waals surface area contributed by atoms with Gasteiger partial charge in [-0.2, -0.15) is 0 Å². The summed E-state index contributed by atoms with van der Waals surface area (Å²) < 4.78 is 32.8. The summed E-state index contributed by atoms with van der Waals surface area (Å²) >= 11 is 0. The van der Waals surface area contributed by atoms with Gasteiger partial charge >= 0.3 is 19.8 Å². The molecular formula is C51H94NO8P. The molecule has 9 nitrogen and oxygen atoms in total. The molecule has 0 saturated heterocycles. The highest BCUT2D eigenvalue weighted by atomic mass is 31.2. The van der Waals surface area contributed by atoms with Crippen LogP contribution in [0, 0.1) is 0 Å². The molecule has 2 atom stereocenters. The Morgan fingerprint density at radius 1 is 0.492 bits per heavy atom. The van der Waals surface area contributed by atoms with Crippen molar-refractivity contribution in [3.63, 3.8) is 0 Å². The number of nitrogens with two attached hydrogens (primary N) is 1. The zero-order chi connectivity index (χ0) is 44.6. The first kappa shape index (κ1) is 59.0. The van der Waals surface area contributed by atoms with E-state index in [9.17, 15) is 19.0 Å². The normalized spacial score (nSPS) is 13.6. The highest BCUT2D eigenvalue weighted by Gasteiger charge is 2.26. The molecule has 0 radical (unpaired) electrons. The third-order valence-electron chi connectivity index (χ3n) is 10.7. The van der Waals surface area contributed by atoms with Gasteiger partial charge in [-0.15, -0.1) is 0 Å². The van der Waals surface area contributed by atoms with E-state index < -0.39 is 32.5 Å². The van der Waals surface area contributed by atoms with E-state index in [4.69, 9.17) is 24.3 Å². The molecule has 0 aliphatic rings. The van der Waals surface area contributed by atoms with Crippen molar-refractivity contribution < 1.29 is 37.6 Å². The summed E-state index contributed by atoms with van der Waals surface area (Å²) in [6.07, 6.45) is 55.9. The number of unbranched alkanes of at least 4 members (excludes halogenated alkanes) is 26. The molecular weight excluding hydrogens is 786 g/mol. The maximum absolute atomic E-state index is 12.6. The summed E-state index contributed by atoms with van der Waals surface area (Å²) in [5, 5.41) is 0. The van der Waals surface area contributed by atoms with E-state index in [2.05, 4.69) is 62.5 Å². The zero-order valence-electron chi connectivity index (χ0n) is 39.4. The van der Waals surface area contributed by atoms with Crippen LogP contribution in [0.5, 0.6) is 0 Å². The van der Waals surface area contributed by atoms with Crippen molar-refractivity contribution in [3.8, 4) is 0 Å². The third-order valence-corrected chi connectivity index (χ3v) is 11.7. The van der Waals surface area contributed by atoms with Crippen molar-refractivity contribution in [1.82, 2.24) is 0 Å². The maximum Gasteiger partial charge on any atom is 0.472 e. The summed E-state index contributed by atoms with van der Waals surface area (Å²) in [4.78, 5) is 35.0. The van der Waals surface area contributed by atoms with Crippen LogP contribution in [0.4, 0.5) is 0 Å². The molecule has 0 heterocycles. The lowest BCUT2D eigenvalue weighted by atomic mass is 10.0. The van der Waals surface area contributed by atoms with Crippen LogP contribution in [-0.2, 0) is 32.7 Å². The van der Waals surface area contributed by atoms with Crippen LogP contribution in [0.1, 0.15) is 232 Å². The van der Waals surface area contributed by atoms with E-state index in [1.54, 1.807) is 0 Å². The molecule has 3 N–H and O–H groups in total. The number of carbonyl (C=O) groups excluding carboxylic acids is 2. The van der Waals surface area contributed by atoms with E-state index in [0.29, 0.717) is 12.8 Å². The molecule has 356 valence electrons. The summed E-state index contributed by atoms with van der Waals surface area (Å²) in [6.45, 7) is 3.68. The first-order valence-corrected chi connectivity index (χ1v) is 26.6. The molecule has 0 fully saturated rings. The number of phosphoric ester groups is 1. The predicted molar refractivity (Wildman–Crippen MR) is 257 cm³/mol. The van der Waals surface area contributed by atoms with Gasteiger partial charge < -0.3 is 20.1 Å². The summed E-state index contributed by atoms with van der Waals surface area (Å²) in [6, 6.07) is 0. The molecule has 1 unspecified atom stereocenters. The lowest BCUT2D eigenvalue weighted by Crippen LogP contribution is -2.29. The van der Waals surface area contributed by atoms with Gasteiger partial charge in [-0.05, 0) is 70.6 Å². The molecule has 10 heteroatoms. The number of ether oxygens (including phenoxy) is 2. The summed E-state index contributed by atoms with van der Waals surface area (Å²) in [5.74, 6) is -0.886. The summed E-state index contributed by atoms with van der Waals surface area (Å²) in [5.41, 5.74) is 5.36. The van der Waals surface area contributed by atoms with Gasteiger partial charge in [0.05, 0.1) is 13.2 Å². The van der Waals surface area contributed by atoms with Crippen LogP contribution < -0.4 is 5.73 Å². The second-order valence-electron chi connectivity index (χ2n) is 16.7. The molecule has 0 aliphatic carbocycles. The fourth-order valence-electron chi connectivity index (χ4n) is 6.94. The minimum absolute atomic E-state index is 0.0455. The van der Waals surface area contributed by atoms with Crippen LogP contribution in [0.25, 0.3) is 0 Å². The zero-order valence-corrected chi connectivity index (χ0v) is 40.3. The van der Waals surface area contributed by atoms with E-state index in [1.807, 2.05) is 0 Å². The van der Waals surface area contributed by atoms with Crippen LogP contribution in [0.15, 0.2) is 48.6 Å². The minimum Gasteiger partial charge on any atom is -0.462 e. The SMILES string of the molecule is CCCCC/C=C/C/C=C/C/C=C/CCCCCCC(=O)OC[C@H](COP(=O)(O)OCCN)OC(=O)CCC/C=C/CCCCCCCCCCCCCCCCCCCC. The number of carbonyl (C=O) groups is 2. The Kier molecular flexibility index (Phi) is 45.9. The Morgan fingerprint density at radius 2 is 0.869 bits per heavy atom. The van der Waals surface area contributed by atoms with E-state index >= 15 is 0 Å². The van der Waals surface area contributed by atoms with Gasteiger partial charge in [0.25, 0.3) is 0 Å². The van der Waals surface area contributed by atoms with Gasteiger partial charge in [0.15, 0.2) is 6.10 Å². The number of hydrogen-bond donors (Lipinski definition) is 2. The van der Waals surface area contributed by atoms with Crippen LogP contribution in [0.2, 0.25) is 0 Å². The van der Waals surface area contributed by atoms with Gasteiger partial charge in [0.2, 0.25) is 0 Å². The Morgan fingerprint density at radius 3 is 1.36 bits per heavy atom. The van der Waals surface area contributed by atoms with Crippen molar-refractivity contribution in [3.05, 3.63) is 48.6 Å². The molecule has 0 rings (SSSR count). The second-order valence-corrected chi connectivity index (χ2v) is 18.1. The van der Waals surface area contributed by atoms with Crippen molar-refractivity contribution in [2.45, 2.75) is 238 Å². The first-order valence-electron chi connectivity index (χ1n) is 25.1. The number of allylic oxidation sites excluding steroid dienone is 8. The molecule has 0 aliphatic heterocycles. The fourth-order valence-corrected chi connectivity index (χ4v) is 7.71. The number of rotatable bonds is 47. The maximum atomic E-state index is 12.6. The smallest absolute Gasteiger partial charge is 0.462 e. The Balaban J connectivity index is 4.10. The van der Waals surface area contributed by atoms with Crippen molar-refractivity contribution in [1.29, 1.82) is 0 Å². The van der Waals surface area contributed by atoms with Crippen molar-refractivity contribution in [2.75, 3.05) is 26.4 Å². The molecule has 0 amide bonds. The molecule has 0 aromatic rings. The standard InChI is InChI=1S/C51H94NO8P/c1-3-5-7-9-11-13-15-17-19-21-22-23-24-25-26-28-30-32-34-36-38-40-42-44-51(54)60-49(48-59-61(55,56)58-46-45-52)47-57-50(53)43-41-39-37-35-33-31-29-27-20-18-16-14-12-10-8-6-4-2/h12,14,18,20,29,31,36,38,49H,3-11,13,15-17,19,21-28,30,32-35,37,39-48,52H2,1-2H3,(H,55,56)/b14-12+,20-18+,31-29+,38-36+/t49-/m1/s1. The summed E-state index contributed by atoms with van der Waals surface area (Å²) in [7, 11) is -4.39. The predicted octanol–water partition coefficient (Wildman–Crippen LogP) is 15.1. The highest BCUT2D eigenvalue weighted by Crippen LogP contribution is 2.43. The molecule has 0 saturated carbocycles. The average Bonchev–Trinajstić information content (AvgIpc) is 3.25. The lowest BCUT2D eigenvalue weighted by Gasteiger charge is -2.19. The van der Waals surface area contributed by atoms with Crippen LogP contribution in [0.3, 0.4) is 0 Å². The van der Waals surface area contributed by atoms with Crippen LogP contribution in [-0.4, -0.2) is 49.3 Å². The molecule has 61 heavy (non-hydrogen) atoms. The van der Waals surface area contributed by atoms with Crippen molar-refractivity contribution in [2.24, 2.45) is 5.73 Å². The fraction of sp³-hybridized carbons (Fsp3) is 0.804. The highest BCUT2D eigenvalue weighted by molar-refractivity contribution is 7.47. The van der Waals surface area contributed by atoms with Gasteiger partial charge in [-0.3, -0.25) is 18.6 Å². The van der Waals surface area contributed by atoms with E-state index in [-0.39, 0.29) is 32.6 Å². The third kappa shape index (κ3) is 47.3. The monoisotopic (exact) mass is 880 g/mol. The minimum atomic E-state index is -4.39. The molecule has 0 spiro atoms. The van der Waals surface area contributed by atoms with E-state index in [0.717, 1.165) is 51.4 Å². The number of esters is 2. The largest absolute Gasteiger partial charge is 0.472 e. The number of hydrogen-bond acceptors (Lipinski definition) is 8. The Labute approximate surface area is 375 Å². The second kappa shape index (κ2) is 47.4. The first-order chi connectivity index (χ1) is 29.8. The quantitative estimate of drug-likeness (QED) is 0.0265. The van der Waals surface area contributed by atoms with Gasteiger partial charge in [-0.1, -0.05) is 197 Å². The lowest BCUT2D eigenvalue weighted by molar-refractivity contribution is -0.161. The molecule has 0 aromatic heterocycles. The average molecular weight is 880 g/mol. The van der Waals surface area contributed by atoms with Crippen LogP contribution >= 0.6 is 7.82 Å². The van der Waals surface area contributed by atoms with Gasteiger partial charge in [0, 0.05) is 19.4 Å². The Hall–Kier alpha value is -2.03. The van der Waals surface area contributed by atoms with Gasteiger partial charge in [0.1, 0.15) is 6.61 Å².